The first kappa shape index (κ1) is 23.6. The number of aromatic amines is 1. The van der Waals surface area contributed by atoms with E-state index in [1.165, 1.54) is 12.1 Å². The molecule has 0 fully saturated rings. The van der Waals surface area contributed by atoms with E-state index in [0.29, 0.717) is 31.0 Å². The van der Waals surface area contributed by atoms with Crippen molar-refractivity contribution < 1.29 is 9.13 Å². The summed E-state index contributed by atoms with van der Waals surface area (Å²) in [5.41, 5.74) is 1.87. The Morgan fingerprint density at radius 3 is 2.56 bits per heavy atom. The Labute approximate surface area is 197 Å². The van der Waals surface area contributed by atoms with Gasteiger partial charge in [0, 0.05) is 29.6 Å². The number of benzene rings is 2. The molecule has 34 heavy (non-hydrogen) atoms. The molecule has 178 valence electrons. The number of nitrogens with one attached hydrogen (secondary N) is 1. The number of aromatic nitrogens is 5. The molecule has 0 bridgehead atoms. The van der Waals surface area contributed by atoms with Crippen molar-refractivity contribution in [2.75, 3.05) is 7.11 Å². The molecule has 0 aliphatic heterocycles. The number of hydrogen-bond acceptors (Lipinski definition) is 6. The molecule has 4 aromatic rings. The quantitative estimate of drug-likeness (QED) is 0.403. The molecule has 0 atom stereocenters. The zero-order valence-electron chi connectivity index (χ0n) is 19.9. The van der Waals surface area contributed by atoms with Crippen LogP contribution in [-0.2, 0) is 25.2 Å². The Bertz CT molecular complexity index is 1330. The fourth-order valence-corrected chi connectivity index (χ4v) is 3.86. The molecule has 0 saturated heterocycles. The van der Waals surface area contributed by atoms with Crippen molar-refractivity contribution in [3.05, 3.63) is 81.7 Å². The fraction of sp³-hybridized carbons (Fsp3) is 0.360. The van der Waals surface area contributed by atoms with Gasteiger partial charge in [-0.1, -0.05) is 19.1 Å². The number of methoxy groups -OCH3 is 1. The van der Waals surface area contributed by atoms with Crippen LogP contribution in [0.1, 0.15) is 44.1 Å². The maximum atomic E-state index is 13.5. The molecule has 0 saturated carbocycles. The zero-order valence-corrected chi connectivity index (χ0v) is 19.9. The second-order valence-electron chi connectivity index (χ2n) is 9.02. The molecule has 2 aromatic carbocycles. The van der Waals surface area contributed by atoms with Gasteiger partial charge in [-0.2, -0.15) is 0 Å². The van der Waals surface area contributed by atoms with E-state index in [2.05, 4.69) is 46.2 Å². The molecule has 0 aliphatic rings. The van der Waals surface area contributed by atoms with Crippen molar-refractivity contribution in [3.63, 3.8) is 0 Å². The lowest BCUT2D eigenvalue weighted by molar-refractivity contribution is 0.217. The number of fused-ring (bicyclic) bond motifs is 1. The summed E-state index contributed by atoms with van der Waals surface area (Å²) in [7, 11) is 1.61. The topological polar surface area (TPSA) is 88.9 Å². The van der Waals surface area contributed by atoms with E-state index in [4.69, 9.17) is 4.74 Å². The normalized spacial score (nSPS) is 11.9. The third kappa shape index (κ3) is 5.14. The summed E-state index contributed by atoms with van der Waals surface area (Å²) in [6.45, 7) is 7.53. The van der Waals surface area contributed by atoms with E-state index in [9.17, 15) is 9.18 Å². The van der Waals surface area contributed by atoms with Crippen LogP contribution < -0.4 is 10.3 Å². The number of hydrogen-bond donors (Lipinski definition) is 1. The zero-order chi connectivity index (χ0) is 24.3. The van der Waals surface area contributed by atoms with Gasteiger partial charge in [-0.05, 0) is 72.7 Å². The average Bonchev–Trinajstić information content (AvgIpc) is 3.30. The monoisotopic (exact) mass is 464 g/mol. The largest absolute Gasteiger partial charge is 0.497 e. The van der Waals surface area contributed by atoms with Crippen LogP contribution in [-0.4, -0.2) is 37.2 Å². The van der Waals surface area contributed by atoms with Crippen molar-refractivity contribution >= 4 is 10.9 Å². The maximum absolute atomic E-state index is 13.5. The predicted molar refractivity (Wildman–Crippen MR) is 128 cm³/mol. The minimum Gasteiger partial charge on any atom is -0.497 e. The highest BCUT2D eigenvalue weighted by molar-refractivity contribution is 5.80. The van der Waals surface area contributed by atoms with Crippen molar-refractivity contribution in [2.45, 2.75) is 52.4 Å². The molecule has 0 amide bonds. The second kappa shape index (κ2) is 9.72. The highest BCUT2D eigenvalue weighted by Crippen LogP contribution is 2.22. The molecule has 2 aromatic heterocycles. The highest BCUT2D eigenvalue weighted by atomic mass is 19.1. The van der Waals surface area contributed by atoms with E-state index in [0.717, 1.165) is 28.6 Å². The van der Waals surface area contributed by atoms with E-state index < -0.39 is 0 Å². The third-order valence-corrected chi connectivity index (χ3v) is 6.18. The number of nitrogens with zero attached hydrogens (tertiary/aromatic N) is 5. The van der Waals surface area contributed by atoms with E-state index in [1.54, 1.807) is 19.2 Å². The molecule has 8 nitrogen and oxygen atoms in total. The molecular formula is C25H29FN6O2. The van der Waals surface area contributed by atoms with E-state index in [-0.39, 0.29) is 16.9 Å². The molecular weight excluding hydrogens is 435 g/mol. The summed E-state index contributed by atoms with van der Waals surface area (Å²) in [5.74, 6) is 1.13. The Morgan fingerprint density at radius 1 is 1.09 bits per heavy atom. The van der Waals surface area contributed by atoms with Crippen LogP contribution in [0.15, 0.2) is 53.3 Å². The molecule has 0 unspecified atom stereocenters. The molecule has 9 heteroatoms. The minimum atomic E-state index is -0.288. The standard InChI is InChI=1S/C25H29FN6O2/c1-5-25(2,3)32-23(28-29-30-32)16-31(14-17-6-8-20(26)9-7-17)15-19-12-18-13-21(34-4)10-11-22(18)27-24(19)33/h6-13H,5,14-16H2,1-4H3,(H,27,33). The first-order valence-corrected chi connectivity index (χ1v) is 11.2. The summed E-state index contributed by atoms with van der Waals surface area (Å²) in [6, 6.07) is 13.8. The van der Waals surface area contributed by atoms with Gasteiger partial charge >= 0.3 is 0 Å². The van der Waals surface area contributed by atoms with Gasteiger partial charge in [-0.15, -0.1) is 5.10 Å². The van der Waals surface area contributed by atoms with Gasteiger partial charge in [-0.25, -0.2) is 9.07 Å². The van der Waals surface area contributed by atoms with Crippen LogP contribution in [0.3, 0.4) is 0 Å². The van der Waals surface area contributed by atoms with E-state index >= 15 is 0 Å². The van der Waals surface area contributed by atoms with Crippen molar-refractivity contribution in [1.82, 2.24) is 30.1 Å². The van der Waals surface area contributed by atoms with Gasteiger partial charge in [0.2, 0.25) is 0 Å². The van der Waals surface area contributed by atoms with Crippen molar-refractivity contribution in [2.24, 2.45) is 0 Å². The second-order valence-corrected chi connectivity index (χ2v) is 9.02. The van der Waals surface area contributed by atoms with Crippen LogP contribution in [0.4, 0.5) is 4.39 Å². The molecule has 2 heterocycles. The molecule has 0 radical (unpaired) electrons. The third-order valence-electron chi connectivity index (χ3n) is 6.18. The van der Waals surface area contributed by atoms with Gasteiger partial charge < -0.3 is 9.72 Å². The first-order valence-electron chi connectivity index (χ1n) is 11.2. The summed E-state index contributed by atoms with van der Waals surface area (Å²) < 4.78 is 20.6. The van der Waals surface area contributed by atoms with Gasteiger partial charge in [-0.3, -0.25) is 9.69 Å². The Hall–Kier alpha value is -3.59. The Balaban J connectivity index is 1.69. The van der Waals surface area contributed by atoms with Gasteiger partial charge in [0.05, 0.1) is 19.2 Å². The predicted octanol–water partition coefficient (Wildman–Crippen LogP) is 4.01. The summed E-state index contributed by atoms with van der Waals surface area (Å²) in [6.07, 6.45) is 0.856. The summed E-state index contributed by atoms with van der Waals surface area (Å²) in [4.78, 5) is 17.9. The number of tetrazole rings is 1. The lowest BCUT2D eigenvalue weighted by Gasteiger charge is -2.27. The number of ether oxygens (including phenoxy) is 1. The van der Waals surface area contributed by atoms with Gasteiger partial charge in [0.15, 0.2) is 5.82 Å². The summed E-state index contributed by atoms with van der Waals surface area (Å²) >= 11 is 0. The van der Waals surface area contributed by atoms with Crippen LogP contribution in [0, 0.1) is 5.82 Å². The molecule has 0 spiro atoms. The minimum absolute atomic E-state index is 0.157. The lowest BCUT2D eigenvalue weighted by Crippen LogP contribution is -2.32. The number of rotatable bonds is 9. The average molecular weight is 465 g/mol. The molecule has 1 N–H and O–H groups in total. The Kier molecular flexibility index (Phi) is 6.74. The smallest absolute Gasteiger partial charge is 0.252 e. The molecule has 0 aliphatic carbocycles. The van der Waals surface area contributed by atoms with E-state index in [1.807, 2.05) is 28.9 Å². The molecule has 4 rings (SSSR count). The van der Waals surface area contributed by atoms with Gasteiger partial charge in [0.25, 0.3) is 5.56 Å². The maximum Gasteiger partial charge on any atom is 0.252 e. The Morgan fingerprint density at radius 2 is 1.85 bits per heavy atom. The highest BCUT2D eigenvalue weighted by Gasteiger charge is 2.25. The van der Waals surface area contributed by atoms with Crippen LogP contribution in [0.25, 0.3) is 10.9 Å². The van der Waals surface area contributed by atoms with Gasteiger partial charge in [0.1, 0.15) is 11.6 Å². The lowest BCUT2D eigenvalue weighted by atomic mass is 10.0. The fourth-order valence-electron chi connectivity index (χ4n) is 3.86. The van der Waals surface area contributed by atoms with Crippen LogP contribution in [0.2, 0.25) is 0 Å². The summed E-state index contributed by atoms with van der Waals surface area (Å²) in [5, 5.41) is 13.3. The number of pyridine rings is 1. The number of H-pyrrole nitrogens is 1. The SMILES string of the molecule is CCC(C)(C)n1nnnc1CN(Cc1ccc(F)cc1)Cc1cc2cc(OC)ccc2[nH]c1=O. The van der Waals surface area contributed by atoms with Crippen LogP contribution >= 0.6 is 0 Å². The van der Waals surface area contributed by atoms with Crippen molar-refractivity contribution in [1.29, 1.82) is 0 Å². The van der Waals surface area contributed by atoms with Crippen LogP contribution in [0.5, 0.6) is 5.75 Å². The van der Waals surface area contributed by atoms with Crippen molar-refractivity contribution in [3.8, 4) is 5.75 Å². The first-order chi connectivity index (χ1) is 16.3. The number of halogens is 1.